The normalized spacial score (nSPS) is 14.8. The van der Waals surface area contributed by atoms with Crippen molar-refractivity contribution in [3.8, 4) is 23.0 Å². The number of aliphatic imine (C=N–C) groups is 1. The quantitative estimate of drug-likeness (QED) is 0.420. The lowest BCUT2D eigenvalue weighted by Gasteiger charge is -2.34. The van der Waals surface area contributed by atoms with E-state index in [4.69, 9.17) is 13.9 Å². The Bertz CT molecular complexity index is 1040. The summed E-state index contributed by atoms with van der Waals surface area (Å²) in [7, 11) is 5.13. The van der Waals surface area contributed by atoms with Gasteiger partial charge in [0.25, 0.3) is 0 Å². The fourth-order valence-corrected chi connectivity index (χ4v) is 3.92. The molecule has 174 valence electrons. The van der Waals surface area contributed by atoms with Gasteiger partial charge in [-0.1, -0.05) is 18.2 Å². The van der Waals surface area contributed by atoms with Crippen molar-refractivity contribution < 1.29 is 13.9 Å². The zero-order valence-electron chi connectivity index (χ0n) is 19.4. The van der Waals surface area contributed by atoms with Gasteiger partial charge < -0.3 is 29.4 Å². The molecule has 0 aliphatic carbocycles. The van der Waals surface area contributed by atoms with Crippen LogP contribution in [-0.2, 0) is 6.54 Å². The molecule has 8 heteroatoms. The lowest BCUT2D eigenvalue weighted by Crippen LogP contribution is -2.48. The maximum absolute atomic E-state index is 5.62. The van der Waals surface area contributed by atoms with E-state index in [1.807, 2.05) is 36.4 Å². The van der Waals surface area contributed by atoms with Crippen LogP contribution in [0.2, 0.25) is 0 Å². The highest BCUT2D eigenvalue weighted by molar-refractivity contribution is 5.80. The number of nitrogens with one attached hydrogen (secondary N) is 2. The fraction of sp³-hybridized carbons (Fsp3) is 0.360. The van der Waals surface area contributed by atoms with E-state index < -0.39 is 0 Å². The summed E-state index contributed by atoms with van der Waals surface area (Å²) in [6.07, 6.45) is 3.69. The van der Waals surface area contributed by atoms with E-state index >= 15 is 0 Å². The lowest BCUT2D eigenvalue weighted by molar-refractivity contribution is 0.393. The summed E-state index contributed by atoms with van der Waals surface area (Å²) in [6, 6.07) is 16.2. The molecule has 0 spiro atoms. The molecule has 8 nitrogen and oxygen atoms in total. The summed E-state index contributed by atoms with van der Waals surface area (Å²) < 4.78 is 16.4. The van der Waals surface area contributed by atoms with Crippen LogP contribution < -0.4 is 25.0 Å². The maximum atomic E-state index is 5.62. The van der Waals surface area contributed by atoms with Crippen molar-refractivity contribution in [3.05, 3.63) is 60.5 Å². The van der Waals surface area contributed by atoms with E-state index in [0.29, 0.717) is 18.5 Å². The Morgan fingerprint density at radius 1 is 1.09 bits per heavy atom. The molecule has 0 unspecified atom stereocenters. The predicted molar refractivity (Wildman–Crippen MR) is 130 cm³/mol. The van der Waals surface area contributed by atoms with Crippen molar-refractivity contribution in [2.45, 2.75) is 25.4 Å². The first-order valence-corrected chi connectivity index (χ1v) is 11.1. The van der Waals surface area contributed by atoms with E-state index in [9.17, 15) is 0 Å². The number of oxazole rings is 1. The van der Waals surface area contributed by atoms with Crippen molar-refractivity contribution in [1.29, 1.82) is 0 Å². The van der Waals surface area contributed by atoms with Gasteiger partial charge in [-0.05, 0) is 25.0 Å². The third-order valence-corrected chi connectivity index (χ3v) is 5.77. The Hall–Kier alpha value is -3.68. The third-order valence-electron chi connectivity index (χ3n) is 5.77. The second kappa shape index (κ2) is 10.8. The van der Waals surface area contributed by atoms with Crippen molar-refractivity contribution in [2.75, 3.05) is 39.3 Å². The van der Waals surface area contributed by atoms with E-state index in [-0.39, 0.29) is 0 Å². The van der Waals surface area contributed by atoms with Crippen LogP contribution in [0.4, 0.5) is 5.69 Å². The topological polar surface area (TPSA) is 84.2 Å². The van der Waals surface area contributed by atoms with E-state index in [1.165, 1.54) is 0 Å². The molecule has 1 fully saturated rings. The van der Waals surface area contributed by atoms with Crippen LogP contribution in [0.3, 0.4) is 0 Å². The highest BCUT2D eigenvalue weighted by Crippen LogP contribution is 2.30. The van der Waals surface area contributed by atoms with Gasteiger partial charge in [0.1, 0.15) is 17.8 Å². The number of guanidine groups is 1. The van der Waals surface area contributed by atoms with Crippen LogP contribution >= 0.6 is 0 Å². The molecular formula is C25H31N5O3. The van der Waals surface area contributed by atoms with Gasteiger partial charge in [-0.2, -0.15) is 0 Å². The van der Waals surface area contributed by atoms with Crippen LogP contribution in [-0.4, -0.2) is 51.3 Å². The number of methoxy groups -OCH3 is 2. The van der Waals surface area contributed by atoms with Crippen LogP contribution in [0.25, 0.3) is 11.5 Å². The number of ether oxygens (including phenoxy) is 2. The predicted octanol–water partition coefficient (Wildman–Crippen LogP) is 3.69. The minimum Gasteiger partial charge on any atom is -0.497 e. The first kappa shape index (κ1) is 22.5. The molecule has 0 saturated carbocycles. The number of nitrogens with zero attached hydrogens (tertiary/aromatic N) is 3. The lowest BCUT2D eigenvalue weighted by atomic mass is 10.0. The van der Waals surface area contributed by atoms with Crippen molar-refractivity contribution in [2.24, 2.45) is 4.99 Å². The number of hydrogen-bond acceptors (Lipinski definition) is 6. The molecule has 2 heterocycles. The third kappa shape index (κ3) is 5.77. The number of anilines is 1. The summed E-state index contributed by atoms with van der Waals surface area (Å²) in [5.74, 6) is 2.99. The van der Waals surface area contributed by atoms with Gasteiger partial charge in [0, 0.05) is 55.6 Å². The highest BCUT2D eigenvalue weighted by atomic mass is 16.5. The number of rotatable bonds is 7. The summed E-state index contributed by atoms with van der Waals surface area (Å²) in [5.41, 5.74) is 2.91. The molecule has 0 bridgehead atoms. The molecule has 0 radical (unpaired) electrons. The van der Waals surface area contributed by atoms with Gasteiger partial charge in [0.15, 0.2) is 5.96 Å². The summed E-state index contributed by atoms with van der Waals surface area (Å²) in [5, 5.41) is 6.88. The van der Waals surface area contributed by atoms with Crippen LogP contribution in [0.15, 0.2) is 64.2 Å². The van der Waals surface area contributed by atoms with Crippen LogP contribution in [0, 0.1) is 0 Å². The van der Waals surface area contributed by atoms with Gasteiger partial charge in [0.2, 0.25) is 5.89 Å². The Kier molecular flexibility index (Phi) is 7.34. The average Bonchev–Trinajstić information content (AvgIpc) is 3.36. The zero-order chi connectivity index (χ0) is 23.0. The number of piperidine rings is 1. The maximum Gasteiger partial charge on any atom is 0.226 e. The molecule has 0 atom stereocenters. The molecule has 4 rings (SSSR count). The van der Waals surface area contributed by atoms with Crippen molar-refractivity contribution in [3.63, 3.8) is 0 Å². The summed E-state index contributed by atoms with van der Waals surface area (Å²) >= 11 is 0. The Morgan fingerprint density at radius 3 is 2.42 bits per heavy atom. The van der Waals surface area contributed by atoms with E-state index in [2.05, 4.69) is 37.6 Å². The Labute approximate surface area is 194 Å². The van der Waals surface area contributed by atoms with Crippen LogP contribution in [0.5, 0.6) is 11.5 Å². The van der Waals surface area contributed by atoms with Gasteiger partial charge in [0.05, 0.1) is 26.5 Å². The largest absolute Gasteiger partial charge is 0.497 e. The number of benzene rings is 2. The molecule has 2 aromatic carbocycles. The molecule has 1 aliphatic heterocycles. The number of aromatic nitrogens is 1. The smallest absolute Gasteiger partial charge is 0.226 e. The SMILES string of the molecule is CN=C(NCc1coc(-c2ccccc2)n1)NC1CCN(c2cc(OC)cc(OC)c2)CC1. The monoisotopic (exact) mass is 449 g/mol. The molecule has 3 aromatic rings. The van der Waals surface area contributed by atoms with E-state index in [0.717, 1.165) is 60.3 Å². The standard InChI is InChI=1S/C25H31N5O3/c1-26-25(27-16-20-17-33-24(28-20)18-7-5-4-6-8-18)29-19-9-11-30(12-10-19)21-13-22(31-2)15-23(14-21)32-3/h4-8,13-15,17,19H,9-12,16H2,1-3H3,(H2,26,27,29). The summed E-state index contributed by atoms with van der Waals surface area (Å²) in [6.45, 7) is 2.42. The number of hydrogen-bond donors (Lipinski definition) is 2. The second-order valence-electron chi connectivity index (χ2n) is 7.91. The molecule has 0 amide bonds. The molecular weight excluding hydrogens is 418 g/mol. The molecule has 1 aromatic heterocycles. The van der Waals surface area contributed by atoms with Crippen LogP contribution in [0.1, 0.15) is 18.5 Å². The summed E-state index contributed by atoms with van der Waals surface area (Å²) in [4.78, 5) is 11.3. The highest BCUT2D eigenvalue weighted by Gasteiger charge is 2.21. The molecule has 33 heavy (non-hydrogen) atoms. The van der Waals surface area contributed by atoms with Gasteiger partial charge in [-0.3, -0.25) is 4.99 Å². The Morgan fingerprint density at radius 2 is 1.79 bits per heavy atom. The fourth-order valence-electron chi connectivity index (χ4n) is 3.92. The Balaban J connectivity index is 1.28. The first-order valence-electron chi connectivity index (χ1n) is 11.1. The van der Waals surface area contributed by atoms with Crippen molar-refractivity contribution in [1.82, 2.24) is 15.6 Å². The molecule has 2 N–H and O–H groups in total. The average molecular weight is 450 g/mol. The minimum absolute atomic E-state index is 0.345. The second-order valence-corrected chi connectivity index (χ2v) is 7.91. The van der Waals surface area contributed by atoms with Crippen molar-refractivity contribution >= 4 is 11.6 Å². The molecule has 1 saturated heterocycles. The first-order chi connectivity index (χ1) is 16.2. The van der Waals surface area contributed by atoms with Gasteiger partial charge >= 0.3 is 0 Å². The zero-order valence-corrected chi connectivity index (χ0v) is 19.4. The minimum atomic E-state index is 0.345. The van der Waals surface area contributed by atoms with E-state index in [1.54, 1.807) is 27.5 Å². The molecule has 1 aliphatic rings. The van der Waals surface area contributed by atoms with Gasteiger partial charge in [-0.15, -0.1) is 0 Å². The van der Waals surface area contributed by atoms with Gasteiger partial charge in [-0.25, -0.2) is 4.98 Å².